The normalized spacial score (nSPS) is 11.0. The first-order chi connectivity index (χ1) is 20.0. The number of carbonyl (C=O) groups is 2. The predicted octanol–water partition coefficient (Wildman–Crippen LogP) is 5.53. The van der Waals surface area contributed by atoms with Crippen LogP contribution in [0, 0.1) is 11.8 Å². The van der Waals surface area contributed by atoms with Gasteiger partial charge in [0.15, 0.2) is 0 Å². The summed E-state index contributed by atoms with van der Waals surface area (Å²) < 4.78 is 0. The molecule has 0 bridgehead atoms. The number of hydrogen-bond acceptors (Lipinski definition) is 8. The minimum absolute atomic E-state index is 0. The van der Waals surface area contributed by atoms with Crippen molar-refractivity contribution in [3.8, 4) is 11.5 Å². The number of carboxylic acids is 2. The molecule has 0 saturated carbocycles. The molecule has 2 aromatic carbocycles. The standard InChI is InChI=1S/C31H46N2O2.2C2H4O2.Co/c1-20(2)9-11-24-13-26(30(34)28(15-24)22(5)6)17-32-19-33-18-27-14-25(12-10-21(3)4)16-29(23(7)8)31(27)35;2*1-2(3)4;/h13-18,20-23,34-35H,9-12,19H2,1-8H3;2*1H3,(H,3,4);/q;;;+2/p-2. The number of aliphatic carboxylic acids is 2. The number of hydrogen-bond donors (Lipinski definition) is 2. The zero-order chi connectivity index (χ0) is 33.3. The predicted molar refractivity (Wildman–Crippen MR) is 172 cm³/mol. The molecule has 2 rings (SSSR count). The van der Waals surface area contributed by atoms with E-state index < -0.39 is 11.9 Å². The Bertz CT molecular complexity index is 1120. The third-order valence-corrected chi connectivity index (χ3v) is 6.35. The van der Waals surface area contributed by atoms with E-state index in [-0.39, 0.29) is 35.3 Å². The Balaban J connectivity index is 0. The minimum Gasteiger partial charge on any atom is -0.550 e. The smallest absolute Gasteiger partial charge is 0.550 e. The number of aryl methyl sites for hydroxylation is 2. The van der Waals surface area contributed by atoms with Gasteiger partial charge in [-0.3, -0.25) is 9.98 Å². The zero-order valence-corrected chi connectivity index (χ0v) is 29.1. The van der Waals surface area contributed by atoms with Gasteiger partial charge in [-0.15, -0.1) is 0 Å². The zero-order valence-electron chi connectivity index (χ0n) is 28.1. The number of nitrogens with zero attached hydrogens (tertiary/aromatic N) is 2. The number of phenolic OH excluding ortho intramolecular Hbond substituents is 2. The topological polar surface area (TPSA) is 145 Å². The van der Waals surface area contributed by atoms with Gasteiger partial charge < -0.3 is 30.0 Å². The molecule has 0 aliphatic heterocycles. The largest absolute Gasteiger partial charge is 2.00 e. The van der Waals surface area contributed by atoms with Crippen LogP contribution < -0.4 is 10.2 Å². The first-order valence-electron chi connectivity index (χ1n) is 15.0. The van der Waals surface area contributed by atoms with Crippen molar-refractivity contribution in [3.05, 3.63) is 57.6 Å². The molecule has 0 amide bonds. The quantitative estimate of drug-likeness (QED) is 0.288. The average molecular weight is 656 g/mol. The summed E-state index contributed by atoms with van der Waals surface area (Å²) in [6.07, 6.45) is 7.64. The summed E-state index contributed by atoms with van der Waals surface area (Å²) in [4.78, 5) is 26.7. The fraction of sp³-hybridized carbons (Fsp3) is 0.543. The van der Waals surface area contributed by atoms with Crippen molar-refractivity contribution >= 4 is 24.4 Å². The van der Waals surface area contributed by atoms with Crippen molar-refractivity contribution in [2.45, 2.75) is 107 Å². The molecular formula is C35H52CoN2O6. The molecule has 247 valence electrons. The van der Waals surface area contributed by atoms with E-state index in [0.29, 0.717) is 23.3 Å². The van der Waals surface area contributed by atoms with Crippen molar-refractivity contribution < 1.29 is 46.8 Å². The maximum Gasteiger partial charge on any atom is 2.00 e. The van der Waals surface area contributed by atoms with Gasteiger partial charge in [0, 0.05) is 35.5 Å². The molecule has 0 aliphatic rings. The second kappa shape index (κ2) is 22.4. The number of benzene rings is 2. The molecule has 44 heavy (non-hydrogen) atoms. The molecule has 2 N–H and O–H groups in total. The van der Waals surface area contributed by atoms with Crippen LogP contribution in [0.15, 0.2) is 34.3 Å². The Morgan fingerprint density at radius 3 is 1.23 bits per heavy atom. The first-order valence-corrected chi connectivity index (χ1v) is 15.0. The molecule has 0 aromatic heterocycles. The van der Waals surface area contributed by atoms with Crippen molar-refractivity contribution in [1.82, 2.24) is 0 Å². The van der Waals surface area contributed by atoms with Crippen LogP contribution in [0.25, 0.3) is 0 Å². The van der Waals surface area contributed by atoms with Gasteiger partial charge in [0.2, 0.25) is 0 Å². The number of rotatable bonds is 12. The molecular weight excluding hydrogens is 603 g/mol. The summed E-state index contributed by atoms with van der Waals surface area (Å²) in [6.45, 7) is 19.5. The average Bonchev–Trinajstić information content (AvgIpc) is 2.87. The number of carboxylic acid groups (broad SMARTS) is 2. The number of carbonyl (C=O) groups excluding carboxylic acids is 2. The third-order valence-electron chi connectivity index (χ3n) is 6.35. The second-order valence-corrected chi connectivity index (χ2v) is 12.2. The van der Waals surface area contributed by atoms with Crippen LogP contribution in [-0.4, -0.2) is 41.2 Å². The molecule has 0 heterocycles. The van der Waals surface area contributed by atoms with Crippen molar-refractivity contribution in [2.24, 2.45) is 21.8 Å². The third kappa shape index (κ3) is 18.5. The molecule has 0 saturated heterocycles. The monoisotopic (exact) mass is 655 g/mol. The van der Waals surface area contributed by atoms with Gasteiger partial charge in [-0.1, -0.05) is 67.5 Å². The summed E-state index contributed by atoms with van der Waals surface area (Å²) in [5, 5.41) is 39.3. The molecule has 2 aromatic rings. The maximum absolute atomic E-state index is 10.8. The minimum atomic E-state index is -1.08. The summed E-state index contributed by atoms with van der Waals surface area (Å²) in [6, 6.07) is 8.32. The first kappa shape index (κ1) is 43.0. The van der Waals surface area contributed by atoms with Crippen LogP contribution in [0.3, 0.4) is 0 Å². The summed E-state index contributed by atoms with van der Waals surface area (Å²) in [5.41, 5.74) is 5.86. The molecule has 0 atom stereocenters. The van der Waals surface area contributed by atoms with Crippen molar-refractivity contribution in [1.29, 1.82) is 0 Å². The van der Waals surface area contributed by atoms with Gasteiger partial charge >= 0.3 is 16.8 Å². The molecule has 0 unspecified atom stereocenters. The van der Waals surface area contributed by atoms with E-state index in [4.69, 9.17) is 19.8 Å². The van der Waals surface area contributed by atoms with Gasteiger partial charge in [0.1, 0.15) is 18.2 Å². The summed E-state index contributed by atoms with van der Waals surface area (Å²) >= 11 is 0. The van der Waals surface area contributed by atoms with E-state index in [1.807, 2.05) is 12.1 Å². The van der Waals surface area contributed by atoms with Gasteiger partial charge in [-0.2, -0.15) is 0 Å². The van der Waals surface area contributed by atoms with Gasteiger partial charge in [0.25, 0.3) is 0 Å². The van der Waals surface area contributed by atoms with Crippen LogP contribution in [0.4, 0.5) is 0 Å². The molecule has 8 nitrogen and oxygen atoms in total. The van der Waals surface area contributed by atoms with Gasteiger partial charge in [-0.05, 0) is 97.6 Å². The van der Waals surface area contributed by atoms with Crippen LogP contribution in [0.2, 0.25) is 0 Å². The van der Waals surface area contributed by atoms with Crippen LogP contribution in [0.1, 0.15) is 127 Å². The molecule has 9 heteroatoms. The Morgan fingerprint density at radius 1 is 0.682 bits per heavy atom. The molecule has 1 radical (unpaired) electrons. The number of aromatic hydroxyl groups is 2. The van der Waals surface area contributed by atoms with E-state index in [1.54, 1.807) is 12.4 Å². The van der Waals surface area contributed by atoms with E-state index in [0.717, 1.165) is 61.8 Å². The van der Waals surface area contributed by atoms with E-state index in [9.17, 15) is 10.2 Å². The maximum atomic E-state index is 10.8. The van der Waals surface area contributed by atoms with Gasteiger partial charge in [-0.25, -0.2) is 0 Å². The van der Waals surface area contributed by atoms with E-state index in [2.05, 4.69) is 77.5 Å². The Morgan fingerprint density at radius 2 is 0.977 bits per heavy atom. The van der Waals surface area contributed by atoms with Gasteiger partial charge in [0.05, 0.1) is 0 Å². The summed E-state index contributed by atoms with van der Waals surface area (Å²) in [5.74, 6) is 0.181. The fourth-order valence-corrected chi connectivity index (χ4v) is 4.09. The van der Waals surface area contributed by atoms with E-state index in [1.165, 1.54) is 11.1 Å². The molecule has 0 aliphatic carbocycles. The Kier molecular flexibility index (Phi) is 21.8. The van der Waals surface area contributed by atoms with Crippen LogP contribution in [0.5, 0.6) is 11.5 Å². The van der Waals surface area contributed by atoms with E-state index >= 15 is 0 Å². The number of aliphatic imine (C=N–C) groups is 2. The van der Waals surface area contributed by atoms with Crippen LogP contribution >= 0.6 is 0 Å². The Labute approximate surface area is 275 Å². The van der Waals surface area contributed by atoms with Crippen LogP contribution in [-0.2, 0) is 39.2 Å². The fourth-order valence-electron chi connectivity index (χ4n) is 4.09. The SMILES string of the molecule is CC(=O)[O-].CC(=O)[O-].CC(C)CCc1cc(C=NCN=Cc2cc(CCC(C)C)cc(C(C)C)c2O)c(O)c(C(C)C)c1.[Co+2]. The molecule has 0 fully saturated rings. The second-order valence-electron chi connectivity index (χ2n) is 12.2. The van der Waals surface area contributed by atoms with Crippen molar-refractivity contribution in [2.75, 3.05) is 6.67 Å². The summed E-state index contributed by atoms with van der Waals surface area (Å²) in [7, 11) is 0. The van der Waals surface area contributed by atoms with Crippen molar-refractivity contribution in [3.63, 3.8) is 0 Å². The number of phenols is 2. The Hall–Kier alpha value is -3.17. The molecule has 0 spiro atoms.